The molecule has 1 aliphatic rings. The number of nitrogens with one attached hydrogen (secondary N) is 1. The van der Waals surface area contributed by atoms with E-state index >= 15 is 0 Å². The average molecular weight is 339 g/mol. The molecule has 1 aliphatic carbocycles. The third kappa shape index (κ3) is 3.76. The van der Waals surface area contributed by atoms with Gasteiger partial charge in [-0.15, -0.1) is 0 Å². The van der Waals surface area contributed by atoms with Crippen molar-refractivity contribution in [2.24, 2.45) is 5.73 Å². The van der Waals surface area contributed by atoms with Crippen LogP contribution >= 0.6 is 15.9 Å². The number of rotatable bonds is 3. The summed E-state index contributed by atoms with van der Waals surface area (Å²) in [6, 6.07) is 4.46. The van der Waals surface area contributed by atoms with Gasteiger partial charge in [0.05, 0.1) is 0 Å². The number of hydrogen-bond acceptors (Lipinski definition) is 2. The molecular weight excluding hydrogens is 312 g/mol. The molecule has 20 heavy (non-hydrogen) atoms. The zero-order valence-electron chi connectivity index (χ0n) is 12.8. The Morgan fingerprint density at radius 1 is 1.05 bits per heavy atom. The van der Waals surface area contributed by atoms with Crippen molar-refractivity contribution >= 4 is 21.6 Å². The van der Waals surface area contributed by atoms with E-state index < -0.39 is 0 Å². The topological polar surface area (TPSA) is 38.0 Å². The molecule has 3 heteroatoms. The van der Waals surface area contributed by atoms with Gasteiger partial charge in [-0.3, -0.25) is 0 Å². The molecule has 0 aliphatic heterocycles. The van der Waals surface area contributed by atoms with Crippen LogP contribution in [0.2, 0.25) is 0 Å². The number of aryl methyl sites for hydroxylation is 2. The molecule has 1 saturated carbocycles. The first-order chi connectivity index (χ1) is 9.56. The van der Waals surface area contributed by atoms with Crippen LogP contribution in [0.4, 0.5) is 5.69 Å². The Balaban J connectivity index is 2.19. The van der Waals surface area contributed by atoms with E-state index in [1.54, 1.807) is 0 Å². The Morgan fingerprint density at radius 3 is 2.05 bits per heavy atom. The van der Waals surface area contributed by atoms with Crippen molar-refractivity contribution in [3.8, 4) is 0 Å². The highest BCUT2D eigenvalue weighted by Gasteiger charge is 2.28. The average Bonchev–Trinajstić information content (AvgIpc) is 2.39. The van der Waals surface area contributed by atoms with Crippen LogP contribution in [-0.2, 0) is 0 Å². The van der Waals surface area contributed by atoms with Gasteiger partial charge in [0.15, 0.2) is 0 Å². The number of anilines is 1. The van der Waals surface area contributed by atoms with Crippen LogP contribution in [0, 0.1) is 13.8 Å². The molecule has 0 saturated heterocycles. The smallest absolute Gasteiger partial charge is 0.0495 e. The Labute approximate surface area is 131 Å². The van der Waals surface area contributed by atoms with E-state index in [-0.39, 0.29) is 5.54 Å². The fourth-order valence-electron chi connectivity index (χ4n) is 3.29. The zero-order chi connectivity index (χ0) is 14.6. The Hall–Kier alpha value is -0.540. The summed E-state index contributed by atoms with van der Waals surface area (Å²) < 4.78 is 1.21. The second kappa shape index (κ2) is 6.95. The molecule has 112 valence electrons. The Kier molecular flexibility index (Phi) is 5.50. The normalized spacial score (nSPS) is 19.2. The largest absolute Gasteiger partial charge is 0.378 e. The quantitative estimate of drug-likeness (QED) is 0.820. The van der Waals surface area contributed by atoms with E-state index in [1.165, 1.54) is 66.2 Å². The van der Waals surface area contributed by atoms with Crippen LogP contribution in [0.3, 0.4) is 0 Å². The van der Waals surface area contributed by atoms with Crippen LogP contribution in [0.15, 0.2) is 16.6 Å². The first-order valence-electron chi connectivity index (χ1n) is 7.81. The summed E-state index contributed by atoms with van der Waals surface area (Å²) >= 11 is 3.64. The summed E-state index contributed by atoms with van der Waals surface area (Å²) in [7, 11) is 0. The molecule has 0 amide bonds. The minimum atomic E-state index is 0.0904. The third-order valence-electron chi connectivity index (χ3n) is 4.55. The molecule has 3 N–H and O–H groups in total. The second-order valence-electron chi connectivity index (χ2n) is 6.30. The van der Waals surface area contributed by atoms with Crippen molar-refractivity contribution < 1.29 is 0 Å². The predicted octanol–water partition coefficient (Wildman–Crippen LogP) is 4.92. The van der Waals surface area contributed by atoms with Crippen LogP contribution in [0.5, 0.6) is 0 Å². The molecule has 0 unspecified atom stereocenters. The molecular formula is C17H27BrN2. The maximum Gasteiger partial charge on any atom is 0.0495 e. The van der Waals surface area contributed by atoms with Gasteiger partial charge in [-0.1, -0.05) is 48.0 Å². The standard InChI is InChI=1S/C17H27BrN2/c1-13-10-15(11-14(2)16(13)18)20-17(12-19)8-6-4-3-5-7-9-17/h10-11,20H,3-9,12,19H2,1-2H3. The van der Waals surface area contributed by atoms with Gasteiger partial charge < -0.3 is 11.1 Å². The van der Waals surface area contributed by atoms with E-state index in [9.17, 15) is 0 Å². The lowest BCUT2D eigenvalue weighted by atomic mass is 9.83. The summed E-state index contributed by atoms with van der Waals surface area (Å²) in [4.78, 5) is 0. The van der Waals surface area contributed by atoms with E-state index in [1.807, 2.05) is 0 Å². The number of benzene rings is 1. The maximum absolute atomic E-state index is 6.14. The van der Waals surface area contributed by atoms with Crippen LogP contribution in [0.1, 0.15) is 56.1 Å². The lowest BCUT2D eigenvalue weighted by molar-refractivity contribution is 0.351. The SMILES string of the molecule is Cc1cc(NC2(CN)CCCCCCC2)cc(C)c1Br. The highest BCUT2D eigenvalue weighted by atomic mass is 79.9. The number of nitrogens with two attached hydrogens (primary N) is 1. The van der Waals surface area contributed by atoms with Crippen molar-refractivity contribution in [1.82, 2.24) is 0 Å². The van der Waals surface area contributed by atoms with Gasteiger partial charge in [-0.05, 0) is 49.9 Å². The minimum absolute atomic E-state index is 0.0904. The highest BCUT2D eigenvalue weighted by molar-refractivity contribution is 9.10. The summed E-state index contributed by atoms with van der Waals surface area (Å²) in [5, 5.41) is 3.77. The van der Waals surface area contributed by atoms with Gasteiger partial charge >= 0.3 is 0 Å². The summed E-state index contributed by atoms with van der Waals surface area (Å²) in [6.07, 6.45) is 9.05. The van der Waals surface area contributed by atoms with E-state index in [0.29, 0.717) is 0 Å². The third-order valence-corrected chi connectivity index (χ3v) is 5.80. The molecule has 2 nitrogen and oxygen atoms in total. The molecule has 0 atom stereocenters. The van der Waals surface area contributed by atoms with E-state index in [4.69, 9.17) is 5.73 Å². The summed E-state index contributed by atoms with van der Waals surface area (Å²) in [5.74, 6) is 0. The molecule has 1 aromatic rings. The highest BCUT2D eigenvalue weighted by Crippen LogP contribution is 2.32. The van der Waals surface area contributed by atoms with Gasteiger partial charge in [0, 0.05) is 22.2 Å². The molecule has 0 spiro atoms. The molecule has 0 bridgehead atoms. The van der Waals surface area contributed by atoms with E-state index in [0.717, 1.165) is 6.54 Å². The summed E-state index contributed by atoms with van der Waals surface area (Å²) in [5.41, 5.74) is 10.0. The minimum Gasteiger partial charge on any atom is -0.378 e. The maximum atomic E-state index is 6.14. The van der Waals surface area contributed by atoms with E-state index in [2.05, 4.69) is 47.2 Å². The number of halogens is 1. The predicted molar refractivity (Wildman–Crippen MR) is 91.3 cm³/mol. The number of hydrogen-bond donors (Lipinski definition) is 2. The zero-order valence-corrected chi connectivity index (χ0v) is 14.4. The van der Waals surface area contributed by atoms with Crippen molar-refractivity contribution in [2.75, 3.05) is 11.9 Å². The lowest BCUT2D eigenvalue weighted by Gasteiger charge is -2.36. The second-order valence-corrected chi connectivity index (χ2v) is 7.09. The van der Waals surface area contributed by atoms with Crippen molar-refractivity contribution in [3.63, 3.8) is 0 Å². The summed E-state index contributed by atoms with van der Waals surface area (Å²) in [6.45, 7) is 5.02. The molecule has 0 aromatic heterocycles. The Morgan fingerprint density at radius 2 is 1.55 bits per heavy atom. The fourth-order valence-corrected chi connectivity index (χ4v) is 3.52. The van der Waals surface area contributed by atoms with Gasteiger partial charge in [-0.2, -0.15) is 0 Å². The van der Waals surface area contributed by atoms with Crippen LogP contribution < -0.4 is 11.1 Å². The van der Waals surface area contributed by atoms with Crippen molar-refractivity contribution in [2.45, 2.75) is 64.3 Å². The van der Waals surface area contributed by atoms with Gasteiger partial charge in [0.25, 0.3) is 0 Å². The van der Waals surface area contributed by atoms with Crippen LogP contribution in [-0.4, -0.2) is 12.1 Å². The van der Waals surface area contributed by atoms with Gasteiger partial charge in [-0.25, -0.2) is 0 Å². The Bertz CT molecular complexity index is 425. The van der Waals surface area contributed by atoms with Crippen molar-refractivity contribution in [1.29, 1.82) is 0 Å². The monoisotopic (exact) mass is 338 g/mol. The molecule has 2 rings (SSSR count). The van der Waals surface area contributed by atoms with Crippen molar-refractivity contribution in [3.05, 3.63) is 27.7 Å². The van der Waals surface area contributed by atoms with Gasteiger partial charge in [0.2, 0.25) is 0 Å². The molecule has 0 heterocycles. The van der Waals surface area contributed by atoms with Gasteiger partial charge in [0.1, 0.15) is 0 Å². The molecule has 0 radical (unpaired) electrons. The molecule has 1 fully saturated rings. The molecule has 1 aromatic carbocycles. The first kappa shape index (κ1) is 15.8. The van der Waals surface area contributed by atoms with Crippen LogP contribution in [0.25, 0.3) is 0 Å². The lowest BCUT2D eigenvalue weighted by Crippen LogP contribution is -2.46. The first-order valence-corrected chi connectivity index (χ1v) is 8.61. The fraction of sp³-hybridized carbons (Fsp3) is 0.647.